The van der Waals surface area contributed by atoms with Gasteiger partial charge in [0.05, 0.1) is 18.6 Å². The summed E-state index contributed by atoms with van der Waals surface area (Å²) in [6, 6.07) is 21.7. The lowest BCUT2D eigenvalue weighted by Crippen LogP contribution is -2.37. The van der Waals surface area contributed by atoms with Crippen molar-refractivity contribution in [3.63, 3.8) is 0 Å². The smallest absolute Gasteiger partial charge is 0.315 e. The number of rotatable bonds is 10. The summed E-state index contributed by atoms with van der Waals surface area (Å²) in [5.41, 5.74) is 9.02. The van der Waals surface area contributed by atoms with E-state index in [0.717, 1.165) is 33.9 Å². The minimum atomic E-state index is -0.230. The van der Waals surface area contributed by atoms with E-state index in [-0.39, 0.29) is 24.1 Å². The Morgan fingerprint density at radius 1 is 0.972 bits per heavy atom. The van der Waals surface area contributed by atoms with E-state index in [2.05, 4.69) is 47.7 Å². The second-order valence-electron chi connectivity index (χ2n) is 9.63. The van der Waals surface area contributed by atoms with Gasteiger partial charge in [0.2, 0.25) is 6.41 Å². The van der Waals surface area contributed by atoms with Crippen molar-refractivity contribution in [2.45, 2.75) is 59.3 Å². The van der Waals surface area contributed by atoms with E-state index >= 15 is 0 Å². The Hall–Kier alpha value is -3.87. The van der Waals surface area contributed by atoms with Crippen molar-refractivity contribution in [1.82, 2.24) is 15.5 Å². The number of urea groups is 1. The summed E-state index contributed by atoms with van der Waals surface area (Å²) in [5.74, 6) is 0.728. The van der Waals surface area contributed by atoms with Gasteiger partial charge < -0.3 is 16.4 Å². The molecule has 0 saturated heterocycles. The van der Waals surface area contributed by atoms with Crippen LogP contribution in [0.4, 0.5) is 4.79 Å². The molecule has 7 nitrogen and oxygen atoms in total. The van der Waals surface area contributed by atoms with Crippen molar-refractivity contribution in [1.29, 1.82) is 0 Å². The molecule has 0 aliphatic rings. The lowest BCUT2D eigenvalue weighted by atomic mass is 10.00. The summed E-state index contributed by atoms with van der Waals surface area (Å²) < 4.78 is 0. The number of hydrogen-bond donors (Lipinski definition) is 3. The number of benzene rings is 3. The highest BCUT2D eigenvalue weighted by molar-refractivity contribution is 5.88. The molecule has 3 amide bonds. The fourth-order valence-electron chi connectivity index (χ4n) is 4.30. The predicted octanol–water partition coefficient (Wildman–Crippen LogP) is 5.11. The second-order valence-corrected chi connectivity index (χ2v) is 9.63. The Balaban J connectivity index is 1.53. The standard InChI is InChI=1S/C29H37N5O2/c1-20(2)16-21(3)32-28(30)34(19-35)18-24-14-12-23(13-15-24)17-31-29(36)33-22(4)26-11-7-9-25-8-5-6-10-27(25)26/h5-15,19-22H,16-18H2,1-4H3,(H2,30,32)(H2,31,33,36). The Labute approximate surface area is 213 Å². The van der Waals surface area contributed by atoms with Crippen LogP contribution in [-0.4, -0.2) is 29.3 Å². The van der Waals surface area contributed by atoms with E-state index in [1.807, 2.05) is 62.4 Å². The van der Waals surface area contributed by atoms with Crippen LogP contribution < -0.4 is 16.4 Å². The zero-order valence-corrected chi connectivity index (χ0v) is 21.6. The van der Waals surface area contributed by atoms with E-state index in [0.29, 0.717) is 25.4 Å². The zero-order valence-electron chi connectivity index (χ0n) is 21.6. The first-order valence-electron chi connectivity index (χ1n) is 12.4. The maximum atomic E-state index is 12.5. The number of aliphatic imine (C=N–C) groups is 1. The molecule has 36 heavy (non-hydrogen) atoms. The monoisotopic (exact) mass is 487 g/mol. The third-order valence-corrected chi connectivity index (χ3v) is 6.05. The van der Waals surface area contributed by atoms with Gasteiger partial charge in [-0.1, -0.05) is 80.6 Å². The van der Waals surface area contributed by atoms with Gasteiger partial charge in [-0.2, -0.15) is 0 Å². The molecule has 2 unspecified atom stereocenters. The first kappa shape index (κ1) is 26.7. The molecule has 0 fully saturated rings. The molecular formula is C29H37N5O2. The number of guanidine groups is 1. The molecule has 2 atom stereocenters. The van der Waals surface area contributed by atoms with Gasteiger partial charge in [0.15, 0.2) is 5.96 Å². The molecule has 7 heteroatoms. The summed E-state index contributed by atoms with van der Waals surface area (Å²) in [7, 11) is 0. The van der Waals surface area contributed by atoms with Crippen molar-refractivity contribution in [3.05, 3.63) is 83.4 Å². The lowest BCUT2D eigenvalue weighted by Gasteiger charge is -2.19. The molecule has 3 aromatic rings. The molecule has 0 heterocycles. The maximum absolute atomic E-state index is 12.5. The number of amides is 3. The van der Waals surface area contributed by atoms with Crippen LogP contribution in [0.1, 0.15) is 56.8 Å². The highest BCUT2D eigenvalue weighted by atomic mass is 16.2. The van der Waals surface area contributed by atoms with Crippen LogP contribution in [0.2, 0.25) is 0 Å². The van der Waals surface area contributed by atoms with Crippen molar-refractivity contribution in [2.75, 3.05) is 0 Å². The van der Waals surface area contributed by atoms with Crippen LogP contribution >= 0.6 is 0 Å². The van der Waals surface area contributed by atoms with Crippen LogP contribution in [0.15, 0.2) is 71.7 Å². The number of nitrogens with two attached hydrogens (primary N) is 1. The van der Waals surface area contributed by atoms with Gasteiger partial charge >= 0.3 is 6.03 Å². The third-order valence-electron chi connectivity index (χ3n) is 6.05. The molecule has 0 aromatic heterocycles. The Morgan fingerprint density at radius 3 is 2.33 bits per heavy atom. The fraction of sp³-hybridized carbons (Fsp3) is 0.345. The van der Waals surface area contributed by atoms with Crippen molar-refractivity contribution >= 4 is 29.2 Å². The van der Waals surface area contributed by atoms with Gasteiger partial charge in [-0.05, 0) is 53.6 Å². The van der Waals surface area contributed by atoms with Crippen LogP contribution in [0.5, 0.6) is 0 Å². The van der Waals surface area contributed by atoms with Gasteiger partial charge in [0, 0.05) is 6.54 Å². The molecule has 0 saturated carbocycles. The molecule has 0 aliphatic heterocycles. The number of carbonyl (C=O) groups is 2. The summed E-state index contributed by atoms with van der Waals surface area (Å²) in [6.07, 6.45) is 1.61. The highest BCUT2D eigenvalue weighted by Crippen LogP contribution is 2.24. The minimum Gasteiger partial charge on any atom is -0.369 e. The van der Waals surface area contributed by atoms with Crippen molar-refractivity contribution in [3.8, 4) is 0 Å². The zero-order chi connectivity index (χ0) is 26.1. The number of nitrogens with zero attached hydrogens (tertiary/aromatic N) is 2. The molecule has 4 N–H and O–H groups in total. The third kappa shape index (κ3) is 7.57. The predicted molar refractivity (Wildman–Crippen MR) is 146 cm³/mol. The van der Waals surface area contributed by atoms with Crippen LogP contribution in [0, 0.1) is 5.92 Å². The fourth-order valence-corrected chi connectivity index (χ4v) is 4.30. The van der Waals surface area contributed by atoms with E-state index < -0.39 is 0 Å². The SMILES string of the molecule is CC(C)CC(C)N=C(N)N(C=O)Cc1ccc(CNC(=O)NC(C)c2cccc3ccccc23)cc1. The van der Waals surface area contributed by atoms with Gasteiger partial charge in [0.25, 0.3) is 0 Å². The minimum absolute atomic E-state index is 0.0513. The van der Waals surface area contributed by atoms with Gasteiger partial charge in [-0.25, -0.2) is 9.79 Å². The first-order chi connectivity index (χ1) is 17.3. The molecule has 0 radical (unpaired) electrons. The van der Waals surface area contributed by atoms with E-state index in [1.165, 1.54) is 4.90 Å². The normalized spacial score (nSPS) is 13.3. The van der Waals surface area contributed by atoms with Crippen molar-refractivity contribution < 1.29 is 9.59 Å². The molecule has 190 valence electrons. The molecule has 0 aliphatic carbocycles. The number of carbonyl (C=O) groups excluding carboxylic acids is 2. The Morgan fingerprint density at radius 2 is 1.64 bits per heavy atom. The first-order valence-corrected chi connectivity index (χ1v) is 12.4. The van der Waals surface area contributed by atoms with Gasteiger partial charge in [0.1, 0.15) is 0 Å². The van der Waals surface area contributed by atoms with E-state index in [1.54, 1.807) is 0 Å². The Bertz CT molecular complexity index is 1180. The van der Waals surface area contributed by atoms with Gasteiger partial charge in [-0.3, -0.25) is 9.69 Å². The van der Waals surface area contributed by atoms with E-state index in [4.69, 9.17) is 5.73 Å². The quantitative estimate of drug-likeness (QED) is 0.210. The molecular weight excluding hydrogens is 450 g/mol. The molecule has 3 rings (SSSR count). The lowest BCUT2D eigenvalue weighted by molar-refractivity contribution is -0.115. The number of fused-ring (bicyclic) bond motifs is 1. The average molecular weight is 488 g/mol. The summed E-state index contributed by atoms with van der Waals surface area (Å²) in [6.45, 7) is 8.97. The topological polar surface area (TPSA) is 99.8 Å². The molecule has 0 bridgehead atoms. The summed E-state index contributed by atoms with van der Waals surface area (Å²) >= 11 is 0. The average Bonchev–Trinajstić information content (AvgIpc) is 2.85. The highest BCUT2D eigenvalue weighted by Gasteiger charge is 2.13. The van der Waals surface area contributed by atoms with E-state index in [9.17, 15) is 9.59 Å². The van der Waals surface area contributed by atoms with Crippen LogP contribution in [0.25, 0.3) is 10.8 Å². The Kier molecular flexibility index (Phi) is 9.45. The number of hydrogen-bond acceptors (Lipinski definition) is 3. The number of nitrogens with one attached hydrogen (secondary N) is 2. The van der Waals surface area contributed by atoms with Gasteiger partial charge in [-0.15, -0.1) is 0 Å². The van der Waals surface area contributed by atoms with Crippen molar-refractivity contribution in [2.24, 2.45) is 16.6 Å². The summed E-state index contributed by atoms with van der Waals surface area (Å²) in [4.78, 5) is 30.0. The van der Waals surface area contributed by atoms with Crippen LogP contribution in [0.3, 0.4) is 0 Å². The van der Waals surface area contributed by atoms with Crippen LogP contribution in [-0.2, 0) is 17.9 Å². The molecule has 3 aromatic carbocycles. The summed E-state index contributed by atoms with van der Waals surface area (Å²) in [5, 5.41) is 8.22. The maximum Gasteiger partial charge on any atom is 0.315 e. The second kappa shape index (κ2) is 12.7. The largest absolute Gasteiger partial charge is 0.369 e. The molecule has 0 spiro atoms.